The van der Waals surface area contributed by atoms with Crippen LogP contribution >= 0.6 is 0 Å². The Morgan fingerprint density at radius 3 is 2.80 bits per heavy atom. The number of rotatable bonds is 7. The molecule has 1 heterocycles. The van der Waals surface area contributed by atoms with Crippen LogP contribution in [0, 0.1) is 0 Å². The first-order valence-corrected chi connectivity index (χ1v) is 8.20. The van der Waals surface area contributed by atoms with Crippen LogP contribution in [0.2, 0.25) is 0 Å². The summed E-state index contributed by atoms with van der Waals surface area (Å²) in [5.74, 6) is -1.02. The molecular weight excluding hydrogens is 334 g/mol. The second-order valence-electron chi connectivity index (χ2n) is 5.96. The van der Waals surface area contributed by atoms with Crippen molar-refractivity contribution in [3.63, 3.8) is 0 Å². The SMILES string of the molecule is CC(O)CCNC(=O)C1CCCN1C(=O)c1ccccc1OC(F)F. The van der Waals surface area contributed by atoms with Gasteiger partial charge in [-0.25, -0.2) is 0 Å². The molecule has 138 valence electrons. The highest BCUT2D eigenvalue weighted by molar-refractivity contribution is 6.00. The minimum atomic E-state index is -3.04. The van der Waals surface area contributed by atoms with Crippen LogP contribution in [0.25, 0.3) is 0 Å². The van der Waals surface area contributed by atoms with E-state index in [2.05, 4.69) is 10.1 Å². The molecule has 2 atom stereocenters. The molecule has 1 aromatic carbocycles. The maximum atomic E-state index is 12.7. The highest BCUT2D eigenvalue weighted by Crippen LogP contribution is 2.26. The van der Waals surface area contributed by atoms with Gasteiger partial charge in [0.2, 0.25) is 5.91 Å². The van der Waals surface area contributed by atoms with E-state index < -0.39 is 24.7 Å². The summed E-state index contributed by atoms with van der Waals surface area (Å²) in [5, 5.41) is 11.9. The molecule has 1 aliphatic heterocycles. The third-order valence-corrected chi connectivity index (χ3v) is 4.01. The number of nitrogens with zero attached hydrogens (tertiary/aromatic N) is 1. The van der Waals surface area contributed by atoms with Crippen LogP contribution in [0.4, 0.5) is 8.78 Å². The molecule has 2 rings (SSSR count). The standard InChI is InChI=1S/C17H22F2N2O4/c1-11(22)8-9-20-15(23)13-6-4-10-21(13)16(24)12-5-2-3-7-14(12)25-17(18)19/h2-3,5,7,11,13,17,22H,4,6,8-10H2,1H3,(H,20,23). The lowest BCUT2D eigenvalue weighted by Crippen LogP contribution is -2.46. The van der Waals surface area contributed by atoms with Crippen molar-refractivity contribution in [2.75, 3.05) is 13.1 Å². The quantitative estimate of drug-likeness (QED) is 0.781. The molecule has 0 bridgehead atoms. The van der Waals surface area contributed by atoms with Gasteiger partial charge in [-0.15, -0.1) is 0 Å². The van der Waals surface area contributed by atoms with Crippen molar-refractivity contribution in [3.05, 3.63) is 29.8 Å². The second kappa shape index (κ2) is 8.75. The van der Waals surface area contributed by atoms with Gasteiger partial charge < -0.3 is 20.1 Å². The Bertz CT molecular complexity index is 610. The summed E-state index contributed by atoms with van der Waals surface area (Å²) in [6.07, 6.45) is 1.04. The summed E-state index contributed by atoms with van der Waals surface area (Å²) >= 11 is 0. The summed E-state index contributed by atoms with van der Waals surface area (Å²) in [4.78, 5) is 26.4. The highest BCUT2D eigenvalue weighted by Gasteiger charge is 2.35. The third-order valence-electron chi connectivity index (χ3n) is 4.01. The maximum Gasteiger partial charge on any atom is 0.387 e. The molecule has 1 aliphatic rings. The molecule has 0 aromatic heterocycles. The molecule has 8 heteroatoms. The van der Waals surface area contributed by atoms with Crippen molar-refractivity contribution in [1.29, 1.82) is 0 Å². The van der Waals surface area contributed by atoms with Crippen molar-refractivity contribution in [2.45, 2.75) is 44.9 Å². The first-order valence-electron chi connectivity index (χ1n) is 8.20. The van der Waals surface area contributed by atoms with Crippen molar-refractivity contribution in [3.8, 4) is 5.75 Å². The summed E-state index contributed by atoms with van der Waals surface area (Å²) in [7, 11) is 0. The van der Waals surface area contributed by atoms with E-state index in [0.29, 0.717) is 32.4 Å². The molecule has 0 spiro atoms. The summed E-state index contributed by atoms with van der Waals surface area (Å²) in [5.41, 5.74) is 0.00600. The summed E-state index contributed by atoms with van der Waals surface area (Å²) in [6.45, 7) is -0.736. The van der Waals surface area contributed by atoms with Gasteiger partial charge in [-0.2, -0.15) is 8.78 Å². The normalized spacial score (nSPS) is 18.3. The average molecular weight is 356 g/mol. The fourth-order valence-electron chi connectivity index (χ4n) is 2.80. The number of carbonyl (C=O) groups excluding carboxylic acids is 2. The number of nitrogens with one attached hydrogen (secondary N) is 1. The van der Waals surface area contributed by atoms with Crippen molar-refractivity contribution < 1.29 is 28.2 Å². The lowest BCUT2D eigenvalue weighted by molar-refractivity contribution is -0.124. The van der Waals surface area contributed by atoms with Crippen LogP contribution in [-0.4, -0.2) is 53.7 Å². The monoisotopic (exact) mass is 356 g/mol. The number of likely N-dealkylation sites (tertiary alicyclic amines) is 1. The van der Waals surface area contributed by atoms with E-state index in [0.717, 1.165) is 0 Å². The number of halogens is 2. The maximum absolute atomic E-state index is 12.7. The summed E-state index contributed by atoms with van der Waals surface area (Å²) in [6, 6.07) is 5.10. The first-order chi connectivity index (χ1) is 11.9. The fourth-order valence-corrected chi connectivity index (χ4v) is 2.80. The van der Waals surface area contributed by atoms with Crippen LogP contribution in [0.15, 0.2) is 24.3 Å². The molecule has 0 aliphatic carbocycles. The van der Waals surface area contributed by atoms with E-state index in [1.54, 1.807) is 13.0 Å². The number of carbonyl (C=O) groups is 2. The van der Waals surface area contributed by atoms with Gasteiger partial charge in [0.25, 0.3) is 5.91 Å². The van der Waals surface area contributed by atoms with Gasteiger partial charge in [0.1, 0.15) is 11.8 Å². The number of amides is 2. The first kappa shape index (κ1) is 19.1. The zero-order chi connectivity index (χ0) is 18.4. The van der Waals surface area contributed by atoms with Crippen LogP contribution in [0.1, 0.15) is 36.5 Å². The zero-order valence-electron chi connectivity index (χ0n) is 14.0. The second-order valence-corrected chi connectivity index (χ2v) is 5.96. The lowest BCUT2D eigenvalue weighted by Gasteiger charge is -2.25. The largest absolute Gasteiger partial charge is 0.434 e. The zero-order valence-corrected chi connectivity index (χ0v) is 14.0. The van der Waals surface area contributed by atoms with Crippen LogP contribution in [-0.2, 0) is 4.79 Å². The number of ether oxygens (including phenoxy) is 1. The molecule has 25 heavy (non-hydrogen) atoms. The van der Waals surface area contributed by atoms with Gasteiger partial charge in [-0.3, -0.25) is 9.59 Å². The van der Waals surface area contributed by atoms with Crippen LogP contribution in [0.3, 0.4) is 0 Å². The predicted octanol–water partition coefficient (Wildman–Crippen LogP) is 1.78. The third kappa shape index (κ3) is 5.12. The Balaban J connectivity index is 2.09. The molecule has 1 aromatic rings. The Morgan fingerprint density at radius 1 is 1.40 bits per heavy atom. The van der Waals surface area contributed by atoms with E-state index in [-0.39, 0.29) is 17.2 Å². The van der Waals surface area contributed by atoms with E-state index in [9.17, 15) is 23.5 Å². The van der Waals surface area contributed by atoms with Crippen molar-refractivity contribution in [1.82, 2.24) is 10.2 Å². The molecule has 2 amide bonds. The number of benzene rings is 1. The molecule has 0 saturated carbocycles. The van der Waals surface area contributed by atoms with E-state index in [4.69, 9.17) is 0 Å². The molecule has 0 radical (unpaired) electrons. The average Bonchev–Trinajstić information content (AvgIpc) is 3.03. The Morgan fingerprint density at radius 2 is 2.12 bits per heavy atom. The molecule has 1 fully saturated rings. The minimum absolute atomic E-state index is 0.00600. The number of alkyl halides is 2. The topological polar surface area (TPSA) is 78.9 Å². The van der Waals surface area contributed by atoms with Crippen LogP contribution in [0.5, 0.6) is 5.75 Å². The predicted molar refractivity (Wildman–Crippen MR) is 86.4 cm³/mol. The van der Waals surface area contributed by atoms with E-state index >= 15 is 0 Å². The number of hydrogen-bond donors (Lipinski definition) is 2. The lowest BCUT2D eigenvalue weighted by atomic mass is 10.1. The molecular formula is C17H22F2N2O4. The number of aliphatic hydroxyl groups is 1. The van der Waals surface area contributed by atoms with Gasteiger partial charge >= 0.3 is 6.61 Å². The Labute approximate surface area is 144 Å². The van der Waals surface area contributed by atoms with E-state index in [1.165, 1.54) is 23.1 Å². The van der Waals surface area contributed by atoms with Crippen molar-refractivity contribution in [2.24, 2.45) is 0 Å². The Hall–Kier alpha value is -2.22. The number of hydrogen-bond acceptors (Lipinski definition) is 4. The number of aliphatic hydroxyl groups excluding tert-OH is 1. The van der Waals surface area contributed by atoms with Gasteiger partial charge in [0, 0.05) is 13.1 Å². The molecule has 2 N–H and O–H groups in total. The van der Waals surface area contributed by atoms with Crippen molar-refractivity contribution >= 4 is 11.8 Å². The van der Waals surface area contributed by atoms with Gasteiger partial charge in [0.15, 0.2) is 0 Å². The van der Waals surface area contributed by atoms with Crippen LogP contribution < -0.4 is 10.1 Å². The molecule has 1 saturated heterocycles. The van der Waals surface area contributed by atoms with Gasteiger partial charge in [-0.05, 0) is 38.3 Å². The van der Waals surface area contributed by atoms with Gasteiger partial charge in [0.05, 0.1) is 11.7 Å². The number of para-hydroxylation sites is 1. The Kier molecular flexibility index (Phi) is 6.69. The van der Waals surface area contributed by atoms with E-state index in [1.807, 2.05) is 0 Å². The van der Waals surface area contributed by atoms with Gasteiger partial charge in [-0.1, -0.05) is 12.1 Å². The highest BCUT2D eigenvalue weighted by atomic mass is 19.3. The molecule has 6 nitrogen and oxygen atoms in total. The smallest absolute Gasteiger partial charge is 0.387 e. The minimum Gasteiger partial charge on any atom is -0.434 e. The fraction of sp³-hybridized carbons (Fsp3) is 0.529. The summed E-state index contributed by atoms with van der Waals surface area (Å²) < 4.78 is 29.4. The molecule has 2 unspecified atom stereocenters.